The number of aromatic nitrogens is 3. The summed E-state index contributed by atoms with van der Waals surface area (Å²) < 4.78 is 0.319. The average Bonchev–Trinajstić information content (AvgIpc) is 2.78. The lowest BCUT2D eigenvalue weighted by molar-refractivity contribution is 0.0701. The molecule has 0 aliphatic rings. The van der Waals surface area contributed by atoms with Crippen molar-refractivity contribution < 1.29 is 9.90 Å². The van der Waals surface area contributed by atoms with Crippen molar-refractivity contribution in [2.24, 2.45) is 0 Å². The van der Waals surface area contributed by atoms with Gasteiger partial charge in [0.25, 0.3) is 5.56 Å². The molecule has 7 heteroatoms. The van der Waals surface area contributed by atoms with Gasteiger partial charge in [-0.1, -0.05) is 6.07 Å². The number of H-pyrrole nitrogens is 1. The zero-order valence-corrected chi connectivity index (χ0v) is 11.2. The fourth-order valence-corrected chi connectivity index (χ4v) is 2.91. The molecule has 0 unspecified atom stereocenters. The lowest BCUT2D eigenvalue weighted by Crippen LogP contribution is -2.08. The van der Waals surface area contributed by atoms with Crippen LogP contribution in [-0.2, 0) is 0 Å². The van der Waals surface area contributed by atoms with E-state index in [2.05, 4.69) is 15.0 Å². The van der Waals surface area contributed by atoms with E-state index in [1.54, 1.807) is 31.3 Å². The van der Waals surface area contributed by atoms with Crippen molar-refractivity contribution in [3.8, 4) is 11.5 Å². The number of carbonyl (C=O) groups is 1. The van der Waals surface area contributed by atoms with Gasteiger partial charge in [-0.05, 0) is 19.1 Å². The zero-order valence-electron chi connectivity index (χ0n) is 10.4. The summed E-state index contributed by atoms with van der Waals surface area (Å²) in [6, 6.07) is 5.28. The molecule has 0 saturated heterocycles. The number of carboxylic acids is 1. The lowest BCUT2D eigenvalue weighted by Gasteiger charge is -2.00. The van der Waals surface area contributed by atoms with Crippen LogP contribution in [0.25, 0.3) is 21.7 Å². The second-order valence-electron chi connectivity index (χ2n) is 4.17. The predicted molar refractivity (Wildman–Crippen MR) is 75.2 cm³/mol. The van der Waals surface area contributed by atoms with Crippen molar-refractivity contribution >= 4 is 27.5 Å². The van der Waals surface area contributed by atoms with Crippen LogP contribution in [0.4, 0.5) is 0 Å². The van der Waals surface area contributed by atoms with Crippen LogP contribution in [0.15, 0.2) is 29.2 Å². The van der Waals surface area contributed by atoms with Gasteiger partial charge in [-0.25, -0.2) is 9.78 Å². The number of pyridine rings is 1. The Hall–Kier alpha value is -2.54. The van der Waals surface area contributed by atoms with Gasteiger partial charge < -0.3 is 10.1 Å². The van der Waals surface area contributed by atoms with Crippen LogP contribution in [-0.4, -0.2) is 26.0 Å². The van der Waals surface area contributed by atoms with Crippen LogP contribution >= 0.6 is 11.3 Å². The summed E-state index contributed by atoms with van der Waals surface area (Å²) in [7, 11) is 0. The number of carboxylic acid groups (broad SMARTS) is 1. The molecule has 3 aromatic heterocycles. The summed E-state index contributed by atoms with van der Waals surface area (Å²) in [5.41, 5.74) is 1.10. The standard InChI is InChI=1S/C13H9N3O3S/c1-6-8-10(20-9(6)13(18)19)12(17)16-11(15-8)7-4-2-3-5-14-7/h2-5H,1H3,(H,18,19)(H,15,16,17). The molecule has 0 aliphatic carbocycles. The summed E-state index contributed by atoms with van der Waals surface area (Å²) in [5.74, 6) is -0.717. The van der Waals surface area contributed by atoms with E-state index in [4.69, 9.17) is 5.11 Å². The van der Waals surface area contributed by atoms with Crippen LogP contribution in [0.3, 0.4) is 0 Å². The first-order chi connectivity index (χ1) is 9.58. The Morgan fingerprint density at radius 2 is 2.20 bits per heavy atom. The van der Waals surface area contributed by atoms with Gasteiger partial charge in [0.15, 0.2) is 5.82 Å². The molecule has 2 N–H and O–H groups in total. The number of thiophene rings is 1. The normalized spacial score (nSPS) is 10.8. The van der Waals surface area contributed by atoms with Crippen LogP contribution in [0.1, 0.15) is 15.2 Å². The molecular weight excluding hydrogens is 278 g/mol. The number of rotatable bonds is 2. The molecule has 0 radical (unpaired) electrons. The van der Waals surface area contributed by atoms with E-state index >= 15 is 0 Å². The third-order valence-corrected chi connectivity index (χ3v) is 4.15. The number of aryl methyl sites for hydroxylation is 1. The minimum atomic E-state index is -1.05. The monoisotopic (exact) mass is 287 g/mol. The van der Waals surface area contributed by atoms with E-state index in [0.717, 1.165) is 11.3 Å². The molecule has 20 heavy (non-hydrogen) atoms. The van der Waals surface area contributed by atoms with Crippen LogP contribution in [0.2, 0.25) is 0 Å². The number of aromatic amines is 1. The Balaban J connectivity index is 2.32. The van der Waals surface area contributed by atoms with Gasteiger partial charge in [-0.3, -0.25) is 9.78 Å². The highest BCUT2D eigenvalue weighted by Gasteiger charge is 2.18. The number of hydrogen-bond donors (Lipinski definition) is 2. The highest BCUT2D eigenvalue weighted by Crippen LogP contribution is 2.27. The molecule has 100 valence electrons. The number of nitrogens with zero attached hydrogens (tertiary/aromatic N) is 2. The van der Waals surface area contributed by atoms with E-state index in [-0.39, 0.29) is 10.4 Å². The third kappa shape index (κ3) is 1.88. The molecule has 0 atom stereocenters. The van der Waals surface area contributed by atoms with Crippen molar-refractivity contribution in [2.75, 3.05) is 0 Å². The lowest BCUT2D eigenvalue weighted by atomic mass is 10.2. The topological polar surface area (TPSA) is 95.9 Å². The Kier molecular flexibility index (Phi) is 2.83. The number of nitrogens with one attached hydrogen (secondary N) is 1. The summed E-state index contributed by atoms with van der Waals surface area (Å²) >= 11 is 0.936. The summed E-state index contributed by atoms with van der Waals surface area (Å²) in [6.07, 6.45) is 1.60. The first-order valence-corrected chi connectivity index (χ1v) is 6.57. The van der Waals surface area contributed by atoms with Gasteiger partial charge >= 0.3 is 5.97 Å². The first-order valence-electron chi connectivity index (χ1n) is 5.76. The van der Waals surface area contributed by atoms with Gasteiger partial charge in [-0.15, -0.1) is 11.3 Å². The molecule has 0 saturated carbocycles. The average molecular weight is 287 g/mol. The maximum Gasteiger partial charge on any atom is 0.346 e. The Morgan fingerprint density at radius 3 is 2.85 bits per heavy atom. The number of aromatic carboxylic acids is 1. The van der Waals surface area contributed by atoms with E-state index in [9.17, 15) is 9.59 Å². The predicted octanol–water partition coefficient (Wildman–Crippen LogP) is 2.05. The molecule has 3 rings (SSSR count). The third-order valence-electron chi connectivity index (χ3n) is 2.88. The number of hydrogen-bond acceptors (Lipinski definition) is 5. The summed E-state index contributed by atoms with van der Waals surface area (Å²) in [6.45, 7) is 1.65. The summed E-state index contributed by atoms with van der Waals surface area (Å²) in [4.78, 5) is 34.4. The molecule has 6 nitrogen and oxygen atoms in total. The minimum Gasteiger partial charge on any atom is -0.477 e. The first kappa shape index (κ1) is 12.5. The highest BCUT2D eigenvalue weighted by atomic mass is 32.1. The molecule has 0 amide bonds. The largest absolute Gasteiger partial charge is 0.477 e. The number of fused-ring (bicyclic) bond motifs is 1. The highest BCUT2D eigenvalue weighted by molar-refractivity contribution is 7.20. The van der Waals surface area contributed by atoms with E-state index in [1.807, 2.05) is 0 Å². The second kappa shape index (κ2) is 4.53. The SMILES string of the molecule is Cc1c(C(=O)O)sc2c(=O)[nH]c(-c3ccccn3)nc12. The Labute approximate surface area is 116 Å². The molecular formula is C13H9N3O3S. The zero-order chi connectivity index (χ0) is 14.3. The van der Waals surface area contributed by atoms with Crippen molar-refractivity contribution in [3.63, 3.8) is 0 Å². The molecule has 0 aromatic carbocycles. The minimum absolute atomic E-state index is 0.135. The molecule has 3 aromatic rings. The van der Waals surface area contributed by atoms with E-state index < -0.39 is 5.97 Å². The maximum absolute atomic E-state index is 12.1. The van der Waals surface area contributed by atoms with Crippen LogP contribution in [0, 0.1) is 6.92 Å². The van der Waals surface area contributed by atoms with Crippen LogP contribution < -0.4 is 5.56 Å². The molecule has 0 bridgehead atoms. The van der Waals surface area contributed by atoms with E-state index in [1.165, 1.54) is 0 Å². The Bertz CT molecular complexity index is 868. The smallest absolute Gasteiger partial charge is 0.346 e. The maximum atomic E-state index is 12.1. The van der Waals surface area contributed by atoms with Crippen molar-refractivity contribution in [3.05, 3.63) is 45.2 Å². The van der Waals surface area contributed by atoms with Gasteiger partial charge in [-0.2, -0.15) is 0 Å². The van der Waals surface area contributed by atoms with Crippen LogP contribution in [0.5, 0.6) is 0 Å². The Morgan fingerprint density at radius 1 is 1.40 bits per heavy atom. The molecule has 3 heterocycles. The van der Waals surface area contributed by atoms with Gasteiger partial charge in [0, 0.05) is 11.8 Å². The van der Waals surface area contributed by atoms with Crippen molar-refractivity contribution in [1.29, 1.82) is 0 Å². The van der Waals surface area contributed by atoms with E-state index in [0.29, 0.717) is 27.3 Å². The van der Waals surface area contributed by atoms with Gasteiger partial charge in [0.2, 0.25) is 0 Å². The molecule has 0 spiro atoms. The fraction of sp³-hybridized carbons (Fsp3) is 0.0769. The summed E-state index contributed by atoms with van der Waals surface area (Å²) in [5, 5.41) is 9.10. The second-order valence-corrected chi connectivity index (χ2v) is 5.19. The fourth-order valence-electron chi connectivity index (χ4n) is 1.93. The molecule has 0 fully saturated rings. The van der Waals surface area contributed by atoms with Gasteiger partial charge in [0.05, 0.1) is 5.52 Å². The van der Waals surface area contributed by atoms with Crippen molar-refractivity contribution in [2.45, 2.75) is 6.92 Å². The quantitative estimate of drug-likeness (QED) is 0.752. The van der Waals surface area contributed by atoms with Gasteiger partial charge in [0.1, 0.15) is 15.3 Å². The molecule has 0 aliphatic heterocycles. The van der Waals surface area contributed by atoms with Crippen molar-refractivity contribution in [1.82, 2.24) is 15.0 Å².